The second-order valence-electron chi connectivity index (χ2n) is 4.53. The summed E-state index contributed by atoms with van der Waals surface area (Å²) in [6, 6.07) is 0. The summed E-state index contributed by atoms with van der Waals surface area (Å²) in [5.41, 5.74) is 4.61. The number of primary amides is 1. The van der Waals surface area contributed by atoms with Crippen molar-refractivity contribution in [2.75, 3.05) is 39.6 Å². The second-order valence-corrected chi connectivity index (χ2v) is 6.51. The predicted molar refractivity (Wildman–Crippen MR) is 67.5 cm³/mol. The van der Waals surface area contributed by atoms with E-state index in [9.17, 15) is 13.2 Å². The molecule has 8 heteroatoms. The molecule has 1 rings (SSSR count). The van der Waals surface area contributed by atoms with Crippen LogP contribution in [0, 0.1) is 0 Å². The Morgan fingerprint density at radius 3 is 2.39 bits per heavy atom. The van der Waals surface area contributed by atoms with Gasteiger partial charge < -0.3 is 15.8 Å². The smallest absolute Gasteiger partial charge is 0.237 e. The van der Waals surface area contributed by atoms with Gasteiger partial charge in [-0.1, -0.05) is 0 Å². The number of nitrogens with zero attached hydrogens (tertiary/aromatic N) is 1. The minimum absolute atomic E-state index is 0.307. The number of amides is 1. The van der Waals surface area contributed by atoms with Crippen LogP contribution in [0.25, 0.3) is 0 Å². The van der Waals surface area contributed by atoms with Gasteiger partial charge in [0.1, 0.15) is 5.54 Å². The molecular formula is C10H21N3O4S. The first kappa shape index (κ1) is 15.4. The highest BCUT2D eigenvalue weighted by Crippen LogP contribution is 2.23. The Balaban J connectivity index is 2.65. The van der Waals surface area contributed by atoms with Gasteiger partial charge in [-0.25, -0.2) is 12.7 Å². The third-order valence-electron chi connectivity index (χ3n) is 3.29. The number of piperidine rings is 1. The molecule has 7 nitrogen and oxygen atoms in total. The first-order valence-electron chi connectivity index (χ1n) is 5.81. The number of hydrogen-bond donors (Lipinski definition) is 2. The quantitative estimate of drug-likeness (QED) is 0.576. The molecular weight excluding hydrogens is 258 g/mol. The summed E-state index contributed by atoms with van der Waals surface area (Å²) >= 11 is 0. The zero-order valence-electron chi connectivity index (χ0n) is 10.8. The summed E-state index contributed by atoms with van der Waals surface area (Å²) in [4.78, 5) is 11.6. The average Bonchev–Trinajstić information content (AvgIpc) is 2.28. The number of carbonyl (C=O) groups excluding carboxylic acids is 1. The monoisotopic (exact) mass is 279 g/mol. The SMILES string of the molecule is COCCNC1(C(N)=O)CCN(S(C)(=O)=O)CC1. The normalized spacial score (nSPS) is 20.8. The molecule has 1 amide bonds. The van der Waals surface area contributed by atoms with Gasteiger partial charge in [-0.15, -0.1) is 0 Å². The van der Waals surface area contributed by atoms with E-state index >= 15 is 0 Å². The molecule has 0 atom stereocenters. The Morgan fingerprint density at radius 2 is 2.00 bits per heavy atom. The molecule has 0 aromatic heterocycles. The van der Waals surface area contributed by atoms with Gasteiger partial charge in [-0.05, 0) is 12.8 Å². The van der Waals surface area contributed by atoms with Crippen molar-refractivity contribution in [3.63, 3.8) is 0 Å². The van der Waals surface area contributed by atoms with Gasteiger partial charge in [0.15, 0.2) is 0 Å². The molecule has 0 saturated carbocycles. The summed E-state index contributed by atoms with van der Waals surface area (Å²) in [5.74, 6) is -0.438. The van der Waals surface area contributed by atoms with E-state index in [1.165, 1.54) is 10.6 Å². The topological polar surface area (TPSA) is 102 Å². The molecule has 0 unspecified atom stereocenters. The van der Waals surface area contributed by atoms with Gasteiger partial charge in [0.2, 0.25) is 15.9 Å². The molecule has 18 heavy (non-hydrogen) atoms. The van der Waals surface area contributed by atoms with E-state index in [1.807, 2.05) is 0 Å². The fraction of sp³-hybridized carbons (Fsp3) is 0.900. The number of ether oxygens (including phenoxy) is 1. The minimum Gasteiger partial charge on any atom is -0.383 e. The highest BCUT2D eigenvalue weighted by atomic mass is 32.2. The highest BCUT2D eigenvalue weighted by molar-refractivity contribution is 7.88. The second kappa shape index (κ2) is 5.96. The van der Waals surface area contributed by atoms with Crippen molar-refractivity contribution in [2.24, 2.45) is 5.73 Å². The summed E-state index contributed by atoms with van der Waals surface area (Å²) < 4.78 is 29.1. The van der Waals surface area contributed by atoms with E-state index in [4.69, 9.17) is 10.5 Å². The molecule has 1 fully saturated rings. The van der Waals surface area contributed by atoms with Gasteiger partial charge >= 0.3 is 0 Å². The Labute approximate surface area is 108 Å². The molecule has 3 N–H and O–H groups in total. The molecule has 0 aromatic rings. The van der Waals surface area contributed by atoms with Crippen LogP contribution in [0.3, 0.4) is 0 Å². The maximum atomic E-state index is 11.6. The van der Waals surface area contributed by atoms with Gasteiger partial charge in [-0.2, -0.15) is 0 Å². The maximum Gasteiger partial charge on any atom is 0.237 e. The molecule has 0 bridgehead atoms. The Hall–Kier alpha value is -0.700. The van der Waals surface area contributed by atoms with Gasteiger partial charge in [0.05, 0.1) is 12.9 Å². The Morgan fingerprint density at radius 1 is 1.44 bits per heavy atom. The van der Waals surface area contributed by atoms with Crippen LogP contribution in [0.4, 0.5) is 0 Å². The van der Waals surface area contributed by atoms with Crippen LogP contribution in [0.1, 0.15) is 12.8 Å². The zero-order chi connectivity index (χ0) is 13.8. The third-order valence-corrected chi connectivity index (χ3v) is 4.59. The summed E-state index contributed by atoms with van der Waals surface area (Å²) in [6.45, 7) is 1.60. The zero-order valence-corrected chi connectivity index (χ0v) is 11.6. The minimum atomic E-state index is -3.20. The lowest BCUT2D eigenvalue weighted by molar-refractivity contribution is -0.126. The fourth-order valence-corrected chi connectivity index (χ4v) is 2.95. The molecule has 1 saturated heterocycles. The number of nitrogens with two attached hydrogens (primary N) is 1. The predicted octanol–water partition coefficient (Wildman–Crippen LogP) is -1.50. The number of rotatable bonds is 6. The standard InChI is InChI=1S/C10H21N3O4S/c1-17-8-5-12-10(9(11)14)3-6-13(7-4-10)18(2,15)16/h12H,3-8H2,1-2H3,(H2,11,14). The van der Waals surface area contributed by atoms with Crippen LogP contribution in [0.2, 0.25) is 0 Å². The molecule has 0 spiro atoms. The van der Waals surface area contributed by atoms with Crippen molar-refractivity contribution in [3.8, 4) is 0 Å². The van der Waals surface area contributed by atoms with Crippen molar-refractivity contribution in [1.82, 2.24) is 9.62 Å². The van der Waals surface area contributed by atoms with Crippen LogP contribution in [-0.4, -0.2) is 63.8 Å². The van der Waals surface area contributed by atoms with Crippen molar-refractivity contribution >= 4 is 15.9 Å². The van der Waals surface area contributed by atoms with Crippen molar-refractivity contribution in [1.29, 1.82) is 0 Å². The van der Waals surface area contributed by atoms with Gasteiger partial charge in [0, 0.05) is 26.7 Å². The van der Waals surface area contributed by atoms with Crippen LogP contribution in [0.15, 0.2) is 0 Å². The van der Waals surface area contributed by atoms with E-state index in [0.29, 0.717) is 39.1 Å². The third kappa shape index (κ3) is 3.64. The van der Waals surface area contributed by atoms with Gasteiger partial charge in [-0.3, -0.25) is 4.79 Å². The first-order chi connectivity index (χ1) is 8.32. The van der Waals surface area contributed by atoms with E-state index < -0.39 is 21.5 Å². The largest absolute Gasteiger partial charge is 0.383 e. The van der Waals surface area contributed by atoms with Crippen LogP contribution in [-0.2, 0) is 19.6 Å². The van der Waals surface area contributed by atoms with Crippen molar-refractivity contribution < 1.29 is 17.9 Å². The lowest BCUT2D eigenvalue weighted by Crippen LogP contribution is -2.61. The van der Waals surface area contributed by atoms with E-state index in [-0.39, 0.29) is 0 Å². The number of methoxy groups -OCH3 is 1. The van der Waals surface area contributed by atoms with Crippen molar-refractivity contribution in [3.05, 3.63) is 0 Å². The van der Waals surface area contributed by atoms with Crippen LogP contribution in [0.5, 0.6) is 0 Å². The summed E-state index contributed by atoms with van der Waals surface area (Å²) in [5, 5.41) is 3.09. The van der Waals surface area contributed by atoms with E-state index in [1.54, 1.807) is 7.11 Å². The molecule has 1 aliphatic heterocycles. The Kier molecular flexibility index (Phi) is 5.09. The highest BCUT2D eigenvalue weighted by Gasteiger charge is 2.41. The number of nitrogens with one attached hydrogen (secondary N) is 1. The van der Waals surface area contributed by atoms with E-state index in [0.717, 1.165) is 0 Å². The molecule has 106 valence electrons. The molecule has 0 aliphatic carbocycles. The molecule has 0 radical (unpaired) electrons. The summed E-state index contributed by atoms with van der Waals surface area (Å²) in [6.07, 6.45) is 1.95. The molecule has 0 aromatic carbocycles. The number of hydrogen-bond acceptors (Lipinski definition) is 5. The number of carbonyl (C=O) groups is 1. The van der Waals surface area contributed by atoms with Crippen LogP contribution >= 0.6 is 0 Å². The average molecular weight is 279 g/mol. The number of sulfonamides is 1. The fourth-order valence-electron chi connectivity index (χ4n) is 2.10. The first-order valence-corrected chi connectivity index (χ1v) is 7.66. The van der Waals surface area contributed by atoms with E-state index in [2.05, 4.69) is 5.32 Å². The summed E-state index contributed by atoms with van der Waals surface area (Å²) in [7, 11) is -1.62. The van der Waals surface area contributed by atoms with Crippen LogP contribution < -0.4 is 11.1 Å². The lowest BCUT2D eigenvalue weighted by atomic mass is 9.87. The molecule has 1 aliphatic rings. The maximum absolute atomic E-state index is 11.6. The van der Waals surface area contributed by atoms with Crippen molar-refractivity contribution in [2.45, 2.75) is 18.4 Å². The lowest BCUT2D eigenvalue weighted by Gasteiger charge is -2.39. The Bertz CT molecular complexity index is 388. The van der Waals surface area contributed by atoms with Gasteiger partial charge in [0.25, 0.3) is 0 Å². The molecule has 1 heterocycles.